The Labute approximate surface area is 203 Å². The lowest BCUT2D eigenvalue weighted by molar-refractivity contribution is 0.265. The molecular weight excluding hydrogens is 456 g/mol. The van der Waals surface area contributed by atoms with Gasteiger partial charge >= 0.3 is 0 Å². The highest BCUT2D eigenvalue weighted by Crippen LogP contribution is 2.40. The molecule has 7 nitrogen and oxygen atoms in total. The molecule has 2 aliphatic rings. The number of aryl methyl sites for hydroxylation is 1. The zero-order chi connectivity index (χ0) is 23.7. The number of hydrogen-bond acceptors (Lipinski definition) is 7. The first-order valence-corrected chi connectivity index (χ1v) is 12.2. The van der Waals surface area contributed by atoms with E-state index in [4.69, 9.17) is 27.3 Å². The molecule has 1 fully saturated rings. The van der Waals surface area contributed by atoms with E-state index in [0.29, 0.717) is 34.6 Å². The van der Waals surface area contributed by atoms with Gasteiger partial charge in [0.05, 0.1) is 23.1 Å². The molecule has 0 aromatic carbocycles. The SMILES string of the molecule is C=CC=NC1=CC(Sc2nc(N3CC(N)CC3CO)c3c(Cl)c(CC)[nH]c3n2)=CC(=C)C1C. The zero-order valence-corrected chi connectivity index (χ0v) is 20.5. The van der Waals surface area contributed by atoms with E-state index in [1.807, 2.05) is 19.1 Å². The molecule has 2 aromatic rings. The number of allylic oxidation sites excluding steroid dienone is 4. The molecule has 33 heavy (non-hydrogen) atoms. The first-order valence-electron chi connectivity index (χ1n) is 11.0. The number of thioether (sulfide) groups is 1. The van der Waals surface area contributed by atoms with E-state index < -0.39 is 0 Å². The van der Waals surface area contributed by atoms with Crippen molar-refractivity contribution in [2.45, 2.75) is 43.9 Å². The van der Waals surface area contributed by atoms with Crippen LogP contribution >= 0.6 is 23.4 Å². The van der Waals surface area contributed by atoms with Gasteiger partial charge in [0.25, 0.3) is 0 Å². The van der Waals surface area contributed by atoms with Gasteiger partial charge in [0.15, 0.2) is 5.16 Å². The second-order valence-electron chi connectivity index (χ2n) is 8.34. The van der Waals surface area contributed by atoms with Crippen LogP contribution in [0.15, 0.2) is 57.7 Å². The third-order valence-corrected chi connectivity index (χ3v) is 7.32. The molecule has 0 bridgehead atoms. The van der Waals surface area contributed by atoms with E-state index in [1.165, 1.54) is 11.8 Å². The highest BCUT2D eigenvalue weighted by Gasteiger charge is 2.33. The van der Waals surface area contributed by atoms with Crippen LogP contribution in [0.3, 0.4) is 0 Å². The minimum absolute atomic E-state index is 0.000615. The molecule has 9 heteroatoms. The lowest BCUT2D eigenvalue weighted by atomic mass is 9.94. The molecule has 1 aliphatic carbocycles. The molecule has 1 aliphatic heterocycles. The minimum atomic E-state index is -0.110. The second kappa shape index (κ2) is 9.85. The number of aliphatic imine (C=N–C) groups is 1. The number of aliphatic hydroxyl groups is 1. The summed E-state index contributed by atoms with van der Waals surface area (Å²) in [6.07, 6.45) is 8.85. The maximum absolute atomic E-state index is 9.96. The van der Waals surface area contributed by atoms with Gasteiger partial charge in [-0.25, -0.2) is 9.97 Å². The monoisotopic (exact) mass is 484 g/mol. The topological polar surface area (TPSA) is 103 Å². The highest BCUT2D eigenvalue weighted by atomic mass is 35.5. The molecule has 1 saturated heterocycles. The van der Waals surface area contributed by atoms with E-state index in [9.17, 15) is 5.11 Å². The molecule has 4 rings (SSSR count). The zero-order valence-electron chi connectivity index (χ0n) is 18.9. The number of halogens is 1. The number of nitrogens with zero attached hydrogens (tertiary/aromatic N) is 4. The van der Waals surface area contributed by atoms with Gasteiger partial charge in [-0.2, -0.15) is 0 Å². The van der Waals surface area contributed by atoms with Crippen molar-refractivity contribution in [3.05, 3.63) is 58.3 Å². The fourth-order valence-electron chi connectivity index (χ4n) is 4.21. The van der Waals surface area contributed by atoms with Crippen molar-refractivity contribution in [1.29, 1.82) is 0 Å². The van der Waals surface area contributed by atoms with E-state index in [1.54, 1.807) is 12.3 Å². The van der Waals surface area contributed by atoms with Gasteiger partial charge in [-0.1, -0.05) is 44.7 Å². The minimum Gasteiger partial charge on any atom is -0.394 e. The summed E-state index contributed by atoms with van der Waals surface area (Å²) in [5.41, 5.74) is 9.70. The fourth-order valence-corrected chi connectivity index (χ4v) is 5.44. The van der Waals surface area contributed by atoms with Gasteiger partial charge in [-0.15, -0.1) is 0 Å². The Hall–Kier alpha value is -2.39. The lowest BCUT2D eigenvalue weighted by Gasteiger charge is -2.25. The summed E-state index contributed by atoms with van der Waals surface area (Å²) in [6, 6.07) is -0.146. The van der Waals surface area contributed by atoms with Crippen LogP contribution in [-0.4, -0.2) is 51.5 Å². The molecular formula is C24H29ClN6OS. The third kappa shape index (κ3) is 4.66. The van der Waals surface area contributed by atoms with Gasteiger partial charge in [0.1, 0.15) is 11.5 Å². The van der Waals surface area contributed by atoms with Crippen molar-refractivity contribution in [1.82, 2.24) is 15.0 Å². The Morgan fingerprint density at radius 2 is 2.21 bits per heavy atom. The molecule has 0 amide bonds. The average molecular weight is 485 g/mol. The first kappa shape index (κ1) is 23.8. The number of anilines is 1. The van der Waals surface area contributed by atoms with Gasteiger partial charge < -0.3 is 20.7 Å². The van der Waals surface area contributed by atoms with Crippen molar-refractivity contribution in [3.63, 3.8) is 0 Å². The van der Waals surface area contributed by atoms with Crippen LogP contribution in [0.25, 0.3) is 11.0 Å². The summed E-state index contributed by atoms with van der Waals surface area (Å²) in [5, 5.41) is 11.9. The van der Waals surface area contributed by atoms with E-state index >= 15 is 0 Å². The van der Waals surface area contributed by atoms with E-state index in [-0.39, 0.29) is 24.6 Å². The number of nitrogens with one attached hydrogen (secondary N) is 1. The van der Waals surface area contributed by atoms with Crippen LogP contribution in [0, 0.1) is 5.92 Å². The molecule has 3 atom stereocenters. The largest absolute Gasteiger partial charge is 0.394 e. The number of aromatic nitrogens is 3. The smallest absolute Gasteiger partial charge is 0.196 e. The highest BCUT2D eigenvalue weighted by molar-refractivity contribution is 8.03. The van der Waals surface area contributed by atoms with E-state index in [0.717, 1.165) is 33.7 Å². The molecule has 3 unspecified atom stereocenters. The van der Waals surface area contributed by atoms with Crippen LogP contribution in [0.2, 0.25) is 5.02 Å². The van der Waals surface area contributed by atoms with Gasteiger partial charge in [0.2, 0.25) is 0 Å². The van der Waals surface area contributed by atoms with Crippen LogP contribution in [0.1, 0.15) is 26.0 Å². The van der Waals surface area contributed by atoms with Gasteiger partial charge in [-0.3, -0.25) is 4.99 Å². The number of H-pyrrole nitrogens is 1. The number of fused-ring (bicyclic) bond motifs is 1. The molecule has 0 saturated carbocycles. The molecule has 0 radical (unpaired) electrons. The maximum atomic E-state index is 9.96. The Bertz CT molecular complexity index is 1180. The van der Waals surface area contributed by atoms with Crippen molar-refractivity contribution >= 4 is 46.4 Å². The van der Waals surface area contributed by atoms with E-state index in [2.05, 4.69) is 35.0 Å². The quantitative estimate of drug-likeness (QED) is 0.397. The lowest BCUT2D eigenvalue weighted by Crippen LogP contribution is -2.33. The summed E-state index contributed by atoms with van der Waals surface area (Å²) in [4.78, 5) is 20.5. The Kier molecular flexibility index (Phi) is 7.09. The summed E-state index contributed by atoms with van der Waals surface area (Å²) in [7, 11) is 0. The average Bonchev–Trinajstić information content (AvgIpc) is 3.33. The molecule has 0 spiro atoms. The Morgan fingerprint density at radius 1 is 1.42 bits per heavy atom. The standard InChI is InChI=1S/C24H29ClN6OS/c1-5-7-27-19-10-17(8-13(3)14(19)4)33-24-29-22-20(21(25)18(6-2)28-22)23(30-24)31-11-15(26)9-16(31)12-32/h5,7-8,10,14-16,32H,1,3,6,9,11-12,26H2,2,4H3,(H,28,29,30). The summed E-state index contributed by atoms with van der Waals surface area (Å²) >= 11 is 8.17. The number of aliphatic hydroxyl groups excluding tert-OH is 1. The van der Waals surface area contributed by atoms with Crippen molar-refractivity contribution in [2.24, 2.45) is 16.6 Å². The fraction of sp³-hybridized carbons (Fsp3) is 0.375. The normalized spacial score (nSPS) is 23.5. The van der Waals surface area contributed by atoms with Crippen LogP contribution in [0.4, 0.5) is 5.82 Å². The molecule has 2 aromatic heterocycles. The number of hydrogen-bond donors (Lipinski definition) is 3. The third-order valence-electron chi connectivity index (χ3n) is 6.06. The Morgan fingerprint density at radius 3 is 2.91 bits per heavy atom. The second-order valence-corrected chi connectivity index (χ2v) is 9.76. The summed E-state index contributed by atoms with van der Waals surface area (Å²) in [6.45, 7) is 12.6. The van der Waals surface area contributed by atoms with Crippen molar-refractivity contribution in [2.75, 3.05) is 18.1 Å². The summed E-state index contributed by atoms with van der Waals surface area (Å²) in [5.74, 6) is 0.822. The molecule has 174 valence electrons. The number of nitrogens with two attached hydrogens (primary N) is 1. The summed E-state index contributed by atoms with van der Waals surface area (Å²) < 4.78 is 0. The first-order chi connectivity index (χ1) is 15.9. The van der Waals surface area contributed by atoms with Crippen LogP contribution < -0.4 is 10.6 Å². The van der Waals surface area contributed by atoms with Gasteiger partial charge in [-0.05, 0) is 42.3 Å². The number of rotatable bonds is 7. The van der Waals surface area contributed by atoms with Crippen LogP contribution in [-0.2, 0) is 6.42 Å². The van der Waals surface area contributed by atoms with Crippen LogP contribution in [0.5, 0.6) is 0 Å². The van der Waals surface area contributed by atoms with Crippen molar-refractivity contribution < 1.29 is 5.11 Å². The number of aromatic amines is 1. The predicted molar refractivity (Wildman–Crippen MR) is 138 cm³/mol. The predicted octanol–water partition coefficient (Wildman–Crippen LogP) is 4.39. The van der Waals surface area contributed by atoms with Gasteiger partial charge in [0, 0.05) is 41.0 Å². The van der Waals surface area contributed by atoms with Crippen molar-refractivity contribution in [3.8, 4) is 0 Å². The molecule has 4 N–H and O–H groups in total. The molecule has 3 heterocycles. The maximum Gasteiger partial charge on any atom is 0.196 e. The Balaban J connectivity index is 1.78.